The normalized spacial score (nSPS) is 9.13. The van der Waals surface area contributed by atoms with E-state index in [1.807, 2.05) is 11.4 Å². The second-order valence-corrected chi connectivity index (χ2v) is 3.75. The number of hydrogen-bond donors (Lipinski definition) is 3. The monoisotopic (exact) mass is 224 g/mol. The molecule has 0 unspecified atom stereocenters. The highest BCUT2D eigenvalue weighted by Crippen LogP contribution is 2.15. The molecule has 0 aliphatic rings. The van der Waals surface area contributed by atoms with Crippen LogP contribution in [0.4, 0.5) is 4.79 Å². The second-order valence-electron chi connectivity index (χ2n) is 2.75. The molecule has 1 heterocycles. The van der Waals surface area contributed by atoms with Crippen LogP contribution in [-0.4, -0.2) is 17.7 Å². The van der Waals surface area contributed by atoms with Gasteiger partial charge in [-0.05, 0) is 11.4 Å². The molecule has 0 saturated carbocycles. The number of carbonyl (C=O) groups is 1. The molecule has 0 aliphatic carbocycles. The van der Waals surface area contributed by atoms with Gasteiger partial charge in [-0.15, -0.1) is 11.3 Å². The van der Waals surface area contributed by atoms with E-state index in [1.165, 1.54) is 11.3 Å². The van der Waals surface area contributed by atoms with Crippen molar-refractivity contribution in [3.8, 4) is 11.8 Å². The van der Waals surface area contributed by atoms with Crippen LogP contribution in [0.15, 0.2) is 11.4 Å². The van der Waals surface area contributed by atoms with Crippen molar-refractivity contribution < 1.29 is 9.90 Å². The van der Waals surface area contributed by atoms with Crippen molar-refractivity contribution in [2.24, 2.45) is 5.73 Å². The van der Waals surface area contributed by atoms with E-state index in [1.54, 1.807) is 0 Å². The number of hydrogen-bond acceptors (Lipinski definition) is 3. The van der Waals surface area contributed by atoms with Crippen LogP contribution in [0.5, 0.6) is 0 Å². The summed E-state index contributed by atoms with van der Waals surface area (Å²) in [6.07, 6.45) is 0.457. The van der Waals surface area contributed by atoms with Crippen molar-refractivity contribution in [2.45, 2.75) is 13.0 Å². The van der Waals surface area contributed by atoms with E-state index < -0.39 is 6.03 Å². The second kappa shape index (κ2) is 6.06. The fourth-order valence-corrected chi connectivity index (χ4v) is 1.74. The van der Waals surface area contributed by atoms with E-state index >= 15 is 0 Å². The van der Waals surface area contributed by atoms with Crippen molar-refractivity contribution in [3.05, 3.63) is 21.9 Å². The minimum absolute atomic E-state index is 0.0615. The molecule has 0 spiro atoms. The Morgan fingerprint density at radius 2 is 2.47 bits per heavy atom. The van der Waals surface area contributed by atoms with Gasteiger partial charge < -0.3 is 16.2 Å². The smallest absolute Gasteiger partial charge is 0.312 e. The van der Waals surface area contributed by atoms with Crippen molar-refractivity contribution >= 4 is 17.4 Å². The van der Waals surface area contributed by atoms with E-state index in [4.69, 9.17) is 10.8 Å². The van der Waals surface area contributed by atoms with Gasteiger partial charge in [-0.1, -0.05) is 11.8 Å². The number of urea groups is 1. The van der Waals surface area contributed by atoms with Gasteiger partial charge in [0.15, 0.2) is 0 Å². The molecule has 0 saturated heterocycles. The lowest BCUT2D eigenvalue weighted by molar-refractivity contribution is 0.248. The first kappa shape index (κ1) is 11.6. The summed E-state index contributed by atoms with van der Waals surface area (Å²) >= 11 is 1.51. The molecule has 80 valence electrons. The highest BCUT2D eigenvalue weighted by atomic mass is 32.1. The molecule has 4 nitrogen and oxygen atoms in total. The maximum Gasteiger partial charge on any atom is 0.312 e. The predicted molar refractivity (Wildman–Crippen MR) is 59.3 cm³/mol. The van der Waals surface area contributed by atoms with Gasteiger partial charge in [-0.3, -0.25) is 0 Å². The van der Waals surface area contributed by atoms with Gasteiger partial charge in [0.05, 0.1) is 13.2 Å². The van der Waals surface area contributed by atoms with Crippen LogP contribution in [0.1, 0.15) is 16.9 Å². The molecule has 2 amide bonds. The molecule has 1 aromatic heterocycles. The Morgan fingerprint density at radius 3 is 3.13 bits per heavy atom. The zero-order valence-electron chi connectivity index (χ0n) is 8.12. The number of amides is 2. The summed E-state index contributed by atoms with van der Waals surface area (Å²) in [5, 5.41) is 13.0. The molecule has 4 N–H and O–H groups in total. The van der Waals surface area contributed by atoms with Crippen LogP contribution in [0, 0.1) is 11.8 Å². The van der Waals surface area contributed by atoms with Crippen molar-refractivity contribution in [1.29, 1.82) is 0 Å². The summed E-state index contributed by atoms with van der Waals surface area (Å²) in [6, 6.07) is 1.34. The Balaban J connectivity index is 2.62. The first-order valence-electron chi connectivity index (χ1n) is 4.43. The number of rotatable bonds is 3. The maximum atomic E-state index is 10.5. The zero-order chi connectivity index (χ0) is 11.1. The SMILES string of the molecule is NC(=O)NCc1sccc1C#CCCO. The molecule has 0 fully saturated rings. The molecule has 15 heavy (non-hydrogen) atoms. The molecular formula is C10H12N2O2S. The summed E-state index contributed by atoms with van der Waals surface area (Å²) in [5.74, 6) is 5.75. The lowest BCUT2D eigenvalue weighted by Crippen LogP contribution is -2.28. The van der Waals surface area contributed by atoms with Crippen LogP contribution in [-0.2, 0) is 6.54 Å². The average Bonchev–Trinajstić information content (AvgIpc) is 2.63. The summed E-state index contributed by atoms with van der Waals surface area (Å²) in [4.78, 5) is 11.5. The third-order valence-electron chi connectivity index (χ3n) is 1.63. The van der Waals surface area contributed by atoms with E-state index in [0.29, 0.717) is 13.0 Å². The number of thiophene rings is 1. The lowest BCUT2D eigenvalue weighted by atomic mass is 10.2. The quantitative estimate of drug-likeness (QED) is 0.659. The number of aliphatic hydroxyl groups is 1. The first-order chi connectivity index (χ1) is 7.24. The third-order valence-corrected chi connectivity index (χ3v) is 2.55. The van der Waals surface area contributed by atoms with Crippen LogP contribution < -0.4 is 11.1 Å². The third kappa shape index (κ3) is 4.02. The maximum absolute atomic E-state index is 10.5. The highest BCUT2D eigenvalue weighted by Gasteiger charge is 2.02. The van der Waals surface area contributed by atoms with Crippen molar-refractivity contribution in [2.75, 3.05) is 6.61 Å². The molecule has 0 aliphatic heterocycles. The van der Waals surface area contributed by atoms with Crippen LogP contribution in [0.3, 0.4) is 0 Å². The van der Waals surface area contributed by atoms with Crippen molar-refractivity contribution in [3.63, 3.8) is 0 Å². The van der Waals surface area contributed by atoms with Gasteiger partial charge in [0.2, 0.25) is 0 Å². The van der Waals surface area contributed by atoms with Gasteiger partial charge in [0, 0.05) is 16.9 Å². The van der Waals surface area contributed by atoms with Crippen LogP contribution in [0.2, 0.25) is 0 Å². The number of primary amides is 1. The molecule has 0 atom stereocenters. The van der Waals surface area contributed by atoms with Gasteiger partial charge >= 0.3 is 6.03 Å². The first-order valence-corrected chi connectivity index (χ1v) is 5.31. The Kier molecular flexibility index (Phi) is 4.68. The fourth-order valence-electron chi connectivity index (χ4n) is 0.970. The summed E-state index contributed by atoms with van der Waals surface area (Å²) < 4.78 is 0. The molecule has 1 aromatic rings. The Morgan fingerprint density at radius 1 is 1.67 bits per heavy atom. The Hall–Kier alpha value is -1.51. The topological polar surface area (TPSA) is 75.4 Å². The molecule has 0 aromatic carbocycles. The number of nitrogens with one attached hydrogen (secondary N) is 1. The molecule has 1 rings (SSSR count). The van der Waals surface area contributed by atoms with E-state index in [-0.39, 0.29) is 6.61 Å². The number of aliphatic hydroxyl groups excluding tert-OH is 1. The molecule has 0 bridgehead atoms. The van der Waals surface area contributed by atoms with Gasteiger partial charge in [-0.25, -0.2) is 4.79 Å². The molecule has 0 radical (unpaired) electrons. The van der Waals surface area contributed by atoms with Gasteiger partial charge in [0.1, 0.15) is 0 Å². The van der Waals surface area contributed by atoms with Crippen LogP contribution in [0.25, 0.3) is 0 Å². The minimum Gasteiger partial charge on any atom is -0.395 e. The fraction of sp³-hybridized carbons (Fsp3) is 0.300. The lowest BCUT2D eigenvalue weighted by Gasteiger charge is -1.98. The number of carbonyl (C=O) groups excluding carboxylic acids is 1. The summed E-state index contributed by atoms with van der Waals surface area (Å²) in [7, 11) is 0. The largest absolute Gasteiger partial charge is 0.395 e. The summed E-state index contributed by atoms with van der Waals surface area (Å²) in [5.41, 5.74) is 5.84. The Labute approximate surface area is 92.1 Å². The van der Waals surface area contributed by atoms with Gasteiger partial charge in [-0.2, -0.15) is 0 Å². The zero-order valence-corrected chi connectivity index (χ0v) is 8.93. The number of nitrogens with two attached hydrogens (primary N) is 1. The molecule has 5 heteroatoms. The van der Waals surface area contributed by atoms with Crippen molar-refractivity contribution in [1.82, 2.24) is 5.32 Å². The Bertz CT molecular complexity index is 390. The van der Waals surface area contributed by atoms with Crippen LogP contribution >= 0.6 is 11.3 Å². The van der Waals surface area contributed by atoms with E-state index in [0.717, 1.165) is 10.4 Å². The van der Waals surface area contributed by atoms with Gasteiger partial charge in [0.25, 0.3) is 0 Å². The average molecular weight is 224 g/mol. The van der Waals surface area contributed by atoms with E-state index in [2.05, 4.69) is 17.2 Å². The standard InChI is InChI=1S/C10H12N2O2S/c11-10(14)12-7-9-8(4-6-15-9)3-1-2-5-13/h4,6,13H,2,5,7H2,(H3,11,12,14). The minimum atomic E-state index is -0.544. The molecular weight excluding hydrogens is 212 g/mol. The summed E-state index contributed by atoms with van der Waals surface area (Å²) in [6.45, 7) is 0.460. The van der Waals surface area contributed by atoms with E-state index in [9.17, 15) is 4.79 Å². The highest BCUT2D eigenvalue weighted by molar-refractivity contribution is 7.10. The predicted octanol–water partition coefficient (Wildman–Crippen LogP) is 0.650.